The predicted molar refractivity (Wildman–Crippen MR) is 59.6 cm³/mol. The molecule has 0 radical (unpaired) electrons. The van der Waals surface area contributed by atoms with Crippen molar-refractivity contribution in [1.29, 1.82) is 0 Å². The van der Waals surface area contributed by atoms with Crippen LogP contribution in [-0.4, -0.2) is 8.76 Å². The van der Waals surface area contributed by atoms with E-state index in [0.29, 0.717) is 5.69 Å². The molecule has 4 heteroatoms. The van der Waals surface area contributed by atoms with Gasteiger partial charge in [0.25, 0.3) is 11.3 Å². The lowest BCUT2D eigenvalue weighted by atomic mass is 10.1. The van der Waals surface area contributed by atoms with Crippen LogP contribution in [0.4, 0.5) is 5.69 Å². The normalized spacial score (nSPS) is 12.5. The summed E-state index contributed by atoms with van der Waals surface area (Å²) >= 11 is -1.99. The second-order valence-electron chi connectivity index (χ2n) is 3.10. The zero-order chi connectivity index (χ0) is 10.6. The first-order chi connectivity index (χ1) is 6.65. The lowest BCUT2D eigenvalue weighted by Gasteiger charge is -2.07. The van der Waals surface area contributed by atoms with Crippen molar-refractivity contribution in [3.63, 3.8) is 0 Å². The third kappa shape index (κ3) is 3.12. The second kappa shape index (κ2) is 5.12. The quantitative estimate of drug-likeness (QED) is 0.754. The molecule has 0 saturated heterocycles. The molecule has 1 atom stereocenters. The minimum Gasteiger partial charge on any atom is -0.289 e. The van der Waals surface area contributed by atoms with Crippen LogP contribution in [0.3, 0.4) is 0 Å². The minimum absolute atomic E-state index is 0.710. The molecule has 0 aromatic heterocycles. The van der Waals surface area contributed by atoms with Crippen molar-refractivity contribution in [3.8, 4) is 0 Å². The monoisotopic (exact) mass is 213 g/mol. The van der Waals surface area contributed by atoms with Gasteiger partial charge in [-0.05, 0) is 36.1 Å². The summed E-state index contributed by atoms with van der Waals surface area (Å²) in [7, 11) is 0. The number of hydrogen-bond donors (Lipinski definition) is 2. The highest BCUT2D eigenvalue weighted by Gasteiger charge is 2.00. The molecular formula is C10H15NO2S. The van der Waals surface area contributed by atoms with E-state index in [9.17, 15) is 4.21 Å². The molecule has 0 spiro atoms. The fraction of sp³-hybridized carbons (Fsp3) is 0.400. The molecule has 0 amide bonds. The van der Waals surface area contributed by atoms with Crippen LogP contribution in [0.2, 0.25) is 0 Å². The Balaban J connectivity index is 2.98. The molecule has 0 aliphatic rings. The Hall–Kier alpha value is -0.870. The molecule has 0 aliphatic heterocycles. The van der Waals surface area contributed by atoms with E-state index in [1.165, 1.54) is 11.1 Å². The van der Waals surface area contributed by atoms with Crippen molar-refractivity contribution in [1.82, 2.24) is 0 Å². The van der Waals surface area contributed by atoms with Crippen LogP contribution in [0, 0.1) is 0 Å². The first-order valence-corrected chi connectivity index (χ1v) is 5.76. The summed E-state index contributed by atoms with van der Waals surface area (Å²) in [5.74, 6) is 0. The highest BCUT2D eigenvalue weighted by Crippen LogP contribution is 2.16. The molecule has 0 saturated carbocycles. The first-order valence-electron chi connectivity index (χ1n) is 4.66. The molecule has 2 N–H and O–H groups in total. The van der Waals surface area contributed by atoms with Crippen molar-refractivity contribution >= 4 is 17.0 Å². The maximum Gasteiger partial charge on any atom is 0.259 e. The van der Waals surface area contributed by atoms with E-state index in [4.69, 9.17) is 4.55 Å². The number of rotatable bonds is 4. The maximum absolute atomic E-state index is 10.6. The van der Waals surface area contributed by atoms with Gasteiger partial charge in [0.05, 0.1) is 0 Å². The van der Waals surface area contributed by atoms with Gasteiger partial charge < -0.3 is 0 Å². The van der Waals surface area contributed by atoms with Gasteiger partial charge in [-0.2, -0.15) is 0 Å². The number of anilines is 1. The van der Waals surface area contributed by atoms with E-state index >= 15 is 0 Å². The van der Waals surface area contributed by atoms with E-state index < -0.39 is 11.3 Å². The van der Waals surface area contributed by atoms with Gasteiger partial charge in [0.2, 0.25) is 0 Å². The fourth-order valence-corrected chi connectivity index (χ4v) is 1.65. The first kappa shape index (κ1) is 11.2. The molecule has 1 rings (SSSR count). The zero-order valence-electron chi connectivity index (χ0n) is 8.41. The van der Waals surface area contributed by atoms with Gasteiger partial charge >= 0.3 is 0 Å². The van der Waals surface area contributed by atoms with Gasteiger partial charge in [-0.25, -0.2) is 4.21 Å². The van der Waals surface area contributed by atoms with E-state index in [1.807, 2.05) is 12.1 Å². The Morgan fingerprint density at radius 3 is 2.07 bits per heavy atom. The van der Waals surface area contributed by atoms with E-state index in [0.717, 1.165) is 12.8 Å². The summed E-state index contributed by atoms with van der Waals surface area (Å²) in [5.41, 5.74) is 3.07. The average molecular weight is 213 g/mol. The van der Waals surface area contributed by atoms with E-state index in [-0.39, 0.29) is 0 Å². The molecule has 1 aromatic carbocycles. The Bertz CT molecular complexity index is 317. The summed E-state index contributed by atoms with van der Waals surface area (Å²) in [6, 6.07) is 5.91. The minimum atomic E-state index is -1.99. The van der Waals surface area contributed by atoms with Gasteiger partial charge in [0.15, 0.2) is 0 Å². The summed E-state index contributed by atoms with van der Waals surface area (Å²) < 4.78 is 21.7. The highest BCUT2D eigenvalue weighted by molar-refractivity contribution is 7.80. The van der Waals surface area contributed by atoms with Crippen LogP contribution in [-0.2, 0) is 24.1 Å². The molecular weight excluding hydrogens is 198 g/mol. The van der Waals surface area contributed by atoms with Crippen LogP contribution >= 0.6 is 0 Å². The molecule has 1 aromatic rings. The van der Waals surface area contributed by atoms with Gasteiger partial charge in [-0.15, -0.1) is 0 Å². The van der Waals surface area contributed by atoms with Crippen LogP contribution in [0.1, 0.15) is 25.0 Å². The van der Waals surface area contributed by atoms with Crippen molar-refractivity contribution in [2.75, 3.05) is 4.72 Å². The van der Waals surface area contributed by atoms with Crippen LogP contribution in [0.5, 0.6) is 0 Å². The number of nitrogens with one attached hydrogen (secondary N) is 1. The molecule has 0 bridgehead atoms. The van der Waals surface area contributed by atoms with Crippen molar-refractivity contribution < 1.29 is 8.76 Å². The Morgan fingerprint density at radius 1 is 1.21 bits per heavy atom. The van der Waals surface area contributed by atoms with Crippen molar-refractivity contribution in [3.05, 3.63) is 29.3 Å². The standard InChI is InChI=1S/C10H15NO2S/c1-3-8-5-9(4-2)7-10(6-8)11-14(12)13/h5-7,11H,3-4H2,1-2H3,(H,12,13). The van der Waals surface area contributed by atoms with E-state index in [2.05, 4.69) is 24.6 Å². The van der Waals surface area contributed by atoms with Crippen molar-refractivity contribution in [2.24, 2.45) is 0 Å². The molecule has 1 unspecified atom stereocenters. The Labute approximate surface area is 87.0 Å². The topological polar surface area (TPSA) is 49.3 Å². The molecule has 14 heavy (non-hydrogen) atoms. The Kier molecular flexibility index (Phi) is 4.10. The SMILES string of the molecule is CCc1cc(CC)cc(NS(=O)O)c1. The van der Waals surface area contributed by atoms with Gasteiger partial charge in [0.1, 0.15) is 0 Å². The highest BCUT2D eigenvalue weighted by atomic mass is 32.2. The van der Waals surface area contributed by atoms with Gasteiger partial charge in [-0.1, -0.05) is 19.9 Å². The smallest absolute Gasteiger partial charge is 0.259 e. The number of hydrogen-bond acceptors (Lipinski definition) is 1. The number of benzene rings is 1. The van der Waals surface area contributed by atoms with Gasteiger partial charge in [-0.3, -0.25) is 9.27 Å². The molecule has 0 aliphatic carbocycles. The molecule has 78 valence electrons. The van der Waals surface area contributed by atoms with Gasteiger partial charge in [0, 0.05) is 5.69 Å². The summed E-state index contributed by atoms with van der Waals surface area (Å²) in [6.07, 6.45) is 1.86. The molecule has 0 fully saturated rings. The fourth-order valence-electron chi connectivity index (χ4n) is 1.33. The average Bonchev–Trinajstić information content (AvgIpc) is 2.16. The maximum atomic E-state index is 10.6. The summed E-state index contributed by atoms with van der Waals surface area (Å²) in [4.78, 5) is 0. The summed E-state index contributed by atoms with van der Waals surface area (Å²) in [6.45, 7) is 4.13. The third-order valence-electron chi connectivity index (χ3n) is 2.07. The predicted octanol–water partition coefficient (Wildman–Crippen LogP) is 2.36. The Morgan fingerprint density at radius 2 is 1.71 bits per heavy atom. The molecule has 0 heterocycles. The van der Waals surface area contributed by atoms with Crippen LogP contribution < -0.4 is 4.72 Å². The third-order valence-corrected chi connectivity index (χ3v) is 2.48. The lowest BCUT2D eigenvalue weighted by molar-refractivity contribution is 0.570. The molecule has 3 nitrogen and oxygen atoms in total. The van der Waals surface area contributed by atoms with Crippen molar-refractivity contribution in [2.45, 2.75) is 26.7 Å². The zero-order valence-corrected chi connectivity index (χ0v) is 9.23. The summed E-state index contributed by atoms with van der Waals surface area (Å²) in [5, 5.41) is 0. The largest absolute Gasteiger partial charge is 0.289 e. The van der Waals surface area contributed by atoms with Crippen LogP contribution in [0.15, 0.2) is 18.2 Å². The lowest BCUT2D eigenvalue weighted by Crippen LogP contribution is -2.03. The van der Waals surface area contributed by atoms with E-state index in [1.54, 1.807) is 0 Å². The second-order valence-corrected chi connectivity index (χ2v) is 3.80. The van der Waals surface area contributed by atoms with Crippen LogP contribution in [0.25, 0.3) is 0 Å². The number of aryl methyl sites for hydroxylation is 2.